The van der Waals surface area contributed by atoms with Gasteiger partial charge in [-0.2, -0.15) is 0 Å². The number of carboxylic acid groups (broad SMARTS) is 1. The first-order valence-electron chi connectivity index (χ1n) is 18.8. The summed E-state index contributed by atoms with van der Waals surface area (Å²) in [6, 6.07) is 0. The fourth-order valence-corrected chi connectivity index (χ4v) is 5.58. The molecule has 0 fully saturated rings. The highest BCUT2D eigenvalue weighted by molar-refractivity contribution is 5.69. The molecule has 6 heteroatoms. The number of aliphatic carboxylic acids is 1. The van der Waals surface area contributed by atoms with Crippen LogP contribution in [0.3, 0.4) is 0 Å². The summed E-state index contributed by atoms with van der Waals surface area (Å²) < 4.78 is 10.6. The molecule has 0 heterocycles. The van der Waals surface area contributed by atoms with E-state index in [2.05, 4.69) is 34.6 Å². The molecule has 0 aliphatic carbocycles. The highest BCUT2D eigenvalue weighted by Gasteiger charge is 2.22. The van der Waals surface area contributed by atoms with Crippen molar-refractivity contribution in [1.82, 2.24) is 0 Å². The van der Waals surface area contributed by atoms with Gasteiger partial charge >= 0.3 is 17.9 Å². The van der Waals surface area contributed by atoms with E-state index in [0.717, 1.165) is 64.2 Å². The smallest absolute Gasteiger partial charge is 0.305 e. The van der Waals surface area contributed by atoms with Crippen molar-refractivity contribution < 1.29 is 29.0 Å². The van der Waals surface area contributed by atoms with Crippen LogP contribution in [-0.2, 0) is 23.9 Å². The first kappa shape index (κ1) is 44.5. The summed E-state index contributed by atoms with van der Waals surface area (Å²) >= 11 is 0. The first-order chi connectivity index (χ1) is 21.3. The molecule has 262 valence electrons. The van der Waals surface area contributed by atoms with E-state index in [1.54, 1.807) is 0 Å². The monoisotopic (exact) mass is 627 g/mol. The Morgan fingerprint density at radius 2 is 0.795 bits per heavy atom. The fourth-order valence-electron chi connectivity index (χ4n) is 5.58. The lowest BCUT2D eigenvalue weighted by Gasteiger charge is -2.30. The highest BCUT2D eigenvalue weighted by Crippen LogP contribution is 2.36. The van der Waals surface area contributed by atoms with Crippen molar-refractivity contribution >= 4 is 17.9 Å². The van der Waals surface area contributed by atoms with Crippen molar-refractivity contribution in [3.05, 3.63) is 0 Å². The van der Waals surface area contributed by atoms with Crippen molar-refractivity contribution in [2.24, 2.45) is 5.41 Å². The van der Waals surface area contributed by atoms with Gasteiger partial charge in [0.05, 0.1) is 13.2 Å². The van der Waals surface area contributed by atoms with Crippen molar-refractivity contribution in [1.29, 1.82) is 0 Å². The molecule has 0 aromatic heterocycles. The lowest BCUT2D eigenvalue weighted by Crippen LogP contribution is -2.17. The van der Waals surface area contributed by atoms with Crippen LogP contribution >= 0.6 is 0 Å². The van der Waals surface area contributed by atoms with Gasteiger partial charge in [-0.15, -0.1) is 0 Å². The fraction of sp³-hybridized carbons (Fsp3) is 0.921. The van der Waals surface area contributed by atoms with Gasteiger partial charge in [-0.3, -0.25) is 14.4 Å². The third kappa shape index (κ3) is 31.8. The van der Waals surface area contributed by atoms with Crippen LogP contribution in [0.15, 0.2) is 0 Å². The number of carbonyl (C=O) groups excluding carboxylic acids is 2. The molecule has 0 amide bonds. The summed E-state index contributed by atoms with van der Waals surface area (Å²) in [5.41, 5.74) is 0.471. The van der Waals surface area contributed by atoms with Gasteiger partial charge in [0.2, 0.25) is 0 Å². The standard InChI is InChI=1S/C26H50O4.C12H24O2/c1-3-5-7-9-15-19-23-29-25(27)21-17-13-11-12-14-18-22-26(28)30-24-20-16-10-8-6-4-2;1-4-12(5-2,6-3)10-8-7-9-11(13)14/h3-24H2,1-2H3;4-10H2,1-3H3,(H,13,14). The summed E-state index contributed by atoms with van der Waals surface area (Å²) in [5.74, 6) is -0.756. The molecule has 0 rings (SSSR count). The molecule has 0 aromatic carbocycles. The maximum Gasteiger partial charge on any atom is 0.305 e. The number of carbonyl (C=O) groups is 3. The maximum atomic E-state index is 11.7. The molecule has 0 spiro atoms. The molecule has 6 nitrogen and oxygen atoms in total. The summed E-state index contributed by atoms with van der Waals surface area (Å²) in [4.78, 5) is 33.7. The molecule has 0 bridgehead atoms. The van der Waals surface area contributed by atoms with Crippen LogP contribution in [0.5, 0.6) is 0 Å². The van der Waals surface area contributed by atoms with Gasteiger partial charge in [0.25, 0.3) is 0 Å². The SMILES string of the molecule is CCC(CC)(CC)CCCCC(=O)O.CCCCCCCCOC(=O)CCCCCCCCC(=O)OCCCCCCCC. The topological polar surface area (TPSA) is 89.9 Å². The predicted molar refractivity (Wildman–Crippen MR) is 185 cm³/mol. The normalized spacial score (nSPS) is 11.1. The third-order valence-electron chi connectivity index (χ3n) is 9.13. The second kappa shape index (κ2) is 34.3. The average molecular weight is 627 g/mol. The number of carboxylic acids is 1. The van der Waals surface area contributed by atoms with E-state index in [0.29, 0.717) is 37.9 Å². The van der Waals surface area contributed by atoms with Crippen LogP contribution in [-0.4, -0.2) is 36.2 Å². The van der Waals surface area contributed by atoms with E-state index in [-0.39, 0.29) is 11.9 Å². The average Bonchev–Trinajstić information content (AvgIpc) is 3.02. The summed E-state index contributed by atoms with van der Waals surface area (Å²) in [7, 11) is 0. The molecule has 0 atom stereocenters. The van der Waals surface area contributed by atoms with E-state index in [1.165, 1.54) is 89.9 Å². The van der Waals surface area contributed by atoms with Gasteiger partial charge < -0.3 is 14.6 Å². The summed E-state index contributed by atoms with van der Waals surface area (Å²) in [5, 5.41) is 8.51. The maximum absolute atomic E-state index is 11.7. The van der Waals surface area contributed by atoms with E-state index in [4.69, 9.17) is 14.6 Å². The van der Waals surface area contributed by atoms with Gasteiger partial charge in [-0.1, -0.05) is 150 Å². The van der Waals surface area contributed by atoms with Gasteiger partial charge in [-0.25, -0.2) is 0 Å². The minimum atomic E-state index is -0.667. The largest absolute Gasteiger partial charge is 0.481 e. The van der Waals surface area contributed by atoms with Gasteiger partial charge in [0, 0.05) is 19.3 Å². The second-order valence-corrected chi connectivity index (χ2v) is 12.8. The Hall–Kier alpha value is -1.59. The number of unbranched alkanes of at least 4 members (excludes halogenated alkanes) is 16. The number of ether oxygens (including phenoxy) is 2. The molecule has 0 saturated carbocycles. The van der Waals surface area contributed by atoms with Crippen molar-refractivity contribution in [2.75, 3.05) is 13.2 Å². The van der Waals surface area contributed by atoms with Gasteiger partial charge in [-0.05, 0) is 43.9 Å². The van der Waals surface area contributed by atoms with Crippen molar-refractivity contribution in [3.63, 3.8) is 0 Å². The molecule has 0 aliphatic heterocycles. The van der Waals surface area contributed by atoms with Crippen LogP contribution in [0.25, 0.3) is 0 Å². The predicted octanol–water partition coefficient (Wildman–Crippen LogP) is 11.8. The Kier molecular flexibility index (Phi) is 34.7. The zero-order valence-electron chi connectivity index (χ0n) is 30.0. The van der Waals surface area contributed by atoms with Crippen molar-refractivity contribution in [3.8, 4) is 0 Å². The minimum absolute atomic E-state index is 0.0448. The molecular formula is C38H74O6. The molecule has 0 radical (unpaired) electrons. The van der Waals surface area contributed by atoms with Crippen LogP contribution in [0.2, 0.25) is 0 Å². The van der Waals surface area contributed by atoms with E-state index in [9.17, 15) is 14.4 Å². The Labute approximate surface area is 273 Å². The zero-order chi connectivity index (χ0) is 33.2. The van der Waals surface area contributed by atoms with Gasteiger partial charge in [0.1, 0.15) is 0 Å². The Morgan fingerprint density at radius 3 is 1.16 bits per heavy atom. The minimum Gasteiger partial charge on any atom is -0.481 e. The molecule has 0 saturated heterocycles. The number of rotatable bonds is 31. The molecule has 0 unspecified atom stereocenters. The van der Waals surface area contributed by atoms with Crippen LogP contribution in [0, 0.1) is 5.41 Å². The lowest BCUT2D eigenvalue weighted by atomic mass is 9.76. The third-order valence-corrected chi connectivity index (χ3v) is 9.13. The highest BCUT2D eigenvalue weighted by atomic mass is 16.5. The molecule has 0 aromatic rings. The van der Waals surface area contributed by atoms with Crippen molar-refractivity contribution in [2.45, 2.75) is 208 Å². The van der Waals surface area contributed by atoms with E-state index in [1.807, 2.05) is 0 Å². The Bertz CT molecular complexity index is 599. The van der Waals surface area contributed by atoms with E-state index >= 15 is 0 Å². The number of hydrogen-bond donors (Lipinski definition) is 1. The summed E-state index contributed by atoms with van der Waals surface area (Å²) in [6.07, 6.45) is 28.9. The summed E-state index contributed by atoms with van der Waals surface area (Å²) in [6.45, 7) is 12.3. The Balaban J connectivity index is 0. The van der Waals surface area contributed by atoms with Crippen LogP contribution in [0.4, 0.5) is 0 Å². The Morgan fingerprint density at radius 1 is 0.455 bits per heavy atom. The molecular weight excluding hydrogens is 552 g/mol. The lowest BCUT2D eigenvalue weighted by molar-refractivity contribution is -0.144. The molecule has 0 aliphatic rings. The number of esters is 2. The van der Waals surface area contributed by atoms with Gasteiger partial charge in [0.15, 0.2) is 0 Å². The quantitative estimate of drug-likeness (QED) is 0.0608. The van der Waals surface area contributed by atoms with Crippen LogP contribution < -0.4 is 0 Å². The van der Waals surface area contributed by atoms with E-state index < -0.39 is 5.97 Å². The number of hydrogen-bond acceptors (Lipinski definition) is 5. The second-order valence-electron chi connectivity index (χ2n) is 12.8. The zero-order valence-corrected chi connectivity index (χ0v) is 30.0. The molecule has 1 N–H and O–H groups in total. The van der Waals surface area contributed by atoms with Crippen LogP contribution in [0.1, 0.15) is 208 Å². The molecule has 44 heavy (non-hydrogen) atoms. The first-order valence-corrected chi connectivity index (χ1v) is 18.8.